The van der Waals surface area contributed by atoms with E-state index in [4.69, 9.17) is 0 Å². The fraction of sp³-hybridized carbons (Fsp3) is 0.273. The Morgan fingerprint density at radius 2 is 1.79 bits per heavy atom. The molecule has 0 spiro atoms. The van der Waals surface area contributed by atoms with Gasteiger partial charge in [0, 0.05) is 47.8 Å². The lowest BCUT2D eigenvalue weighted by atomic mass is 9.94. The van der Waals surface area contributed by atoms with E-state index in [2.05, 4.69) is 10.3 Å². The van der Waals surface area contributed by atoms with Gasteiger partial charge in [-0.15, -0.1) is 11.3 Å². The van der Waals surface area contributed by atoms with Crippen LogP contribution < -0.4 is 5.32 Å². The van der Waals surface area contributed by atoms with Gasteiger partial charge in [-0.3, -0.25) is 19.3 Å². The minimum atomic E-state index is -0.293. The summed E-state index contributed by atoms with van der Waals surface area (Å²) in [5.41, 5.74) is 2.06. The third-order valence-electron chi connectivity index (χ3n) is 5.01. The predicted molar refractivity (Wildman–Crippen MR) is 112 cm³/mol. The highest BCUT2D eigenvalue weighted by atomic mass is 32.1. The van der Waals surface area contributed by atoms with Crippen LogP contribution in [0.3, 0.4) is 0 Å². The van der Waals surface area contributed by atoms with Gasteiger partial charge in [-0.1, -0.05) is 24.3 Å². The number of nitrogens with zero attached hydrogens (tertiary/aromatic N) is 2. The maximum absolute atomic E-state index is 12.8. The fourth-order valence-electron chi connectivity index (χ4n) is 3.62. The second kappa shape index (κ2) is 8.13. The van der Waals surface area contributed by atoms with Crippen LogP contribution in [-0.4, -0.2) is 40.7 Å². The first-order chi connectivity index (χ1) is 14.0. The molecule has 3 amide bonds. The Hall–Kier alpha value is -3.06. The molecule has 148 valence electrons. The molecule has 0 radical (unpaired) electrons. The molecule has 0 atom stereocenters. The average Bonchev–Trinajstić information content (AvgIpc) is 3.13. The molecule has 29 heavy (non-hydrogen) atoms. The van der Waals surface area contributed by atoms with Gasteiger partial charge in [0.25, 0.3) is 11.8 Å². The van der Waals surface area contributed by atoms with Crippen molar-refractivity contribution in [2.45, 2.75) is 26.2 Å². The van der Waals surface area contributed by atoms with Crippen LogP contribution >= 0.6 is 11.3 Å². The maximum Gasteiger partial charge on any atom is 0.261 e. The van der Waals surface area contributed by atoms with Crippen LogP contribution in [-0.2, 0) is 11.2 Å². The number of carbonyl (C=O) groups is 3. The summed E-state index contributed by atoms with van der Waals surface area (Å²) in [5.74, 6) is -0.673. The summed E-state index contributed by atoms with van der Waals surface area (Å²) in [6, 6.07) is 10.9. The highest BCUT2D eigenvalue weighted by Gasteiger charge is 2.32. The molecule has 1 aromatic heterocycles. The van der Waals surface area contributed by atoms with Crippen molar-refractivity contribution in [3.63, 3.8) is 0 Å². The Kier molecular flexibility index (Phi) is 5.40. The van der Waals surface area contributed by atoms with Crippen molar-refractivity contribution in [1.29, 1.82) is 0 Å². The lowest BCUT2D eigenvalue weighted by Crippen LogP contribution is -2.41. The molecule has 0 fully saturated rings. The van der Waals surface area contributed by atoms with Gasteiger partial charge >= 0.3 is 0 Å². The molecule has 0 aliphatic carbocycles. The van der Waals surface area contributed by atoms with E-state index < -0.39 is 0 Å². The third kappa shape index (κ3) is 3.91. The van der Waals surface area contributed by atoms with Crippen LogP contribution in [0.2, 0.25) is 0 Å². The monoisotopic (exact) mass is 407 g/mol. The summed E-state index contributed by atoms with van der Waals surface area (Å²) in [5, 5.41) is 7.48. The molecule has 7 heteroatoms. The minimum Gasteiger partial charge on any atom is -0.356 e. The van der Waals surface area contributed by atoms with E-state index in [-0.39, 0.29) is 30.7 Å². The summed E-state index contributed by atoms with van der Waals surface area (Å²) in [6.07, 6.45) is 1.39. The number of amides is 3. The van der Waals surface area contributed by atoms with Crippen molar-refractivity contribution < 1.29 is 14.4 Å². The standard InChI is InChI=1S/C22H21N3O3S/c1-14-24-16(13-29-14)10-11-23-19(26)9-4-12-25-21(27)17-7-2-5-15-6-3-8-18(20(15)17)22(25)28/h2-3,5-8,13H,4,9-12H2,1H3,(H,23,26). The van der Waals surface area contributed by atoms with Crippen molar-refractivity contribution in [1.82, 2.24) is 15.2 Å². The molecule has 4 rings (SSSR count). The zero-order valence-corrected chi connectivity index (χ0v) is 16.9. The predicted octanol–water partition coefficient (Wildman–Crippen LogP) is 3.34. The SMILES string of the molecule is Cc1nc(CCNC(=O)CCCN2C(=O)c3cccc4cccc(c34)C2=O)cs1. The smallest absolute Gasteiger partial charge is 0.261 e. The summed E-state index contributed by atoms with van der Waals surface area (Å²) < 4.78 is 0. The van der Waals surface area contributed by atoms with E-state index in [0.717, 1.165) is 21.5 Å². The number of nitrogens with one attached hydrogen (secondary N) is 1. The highest BCUT2D eigenvalue weighted by Crippen LogP contribution is 2.30. The van der Waals surface area contributed by atoms with Crippen LogP contribution in [0.1, 0.15) is 44.3 Å². The molecule has 0 bridgehead atoms. The molecule has 1 aliphatic rings. The quantitative estimate of drug-likeness (QED) is 0.609. The topological polar surface area (TPSA) is 79.4 Å². The number of thiazole rings is 1. The minimum absolute atomic E-state index is 0.0867. The molecule has 2 heterocycles. The zero-order valence-electron chi connectivity index (χ0n) is 16.1. The summed E-state index contributed by atoms with van der Waals surface area (Å²) in [6.45, 7) is 2.70. The largest absolute Gasteiger partial charge is 0.356 e. The molecule has 1 aliphatic heterocycles. The van der Waals surface area contributed by atoms with Crippen LogP contribution in [0.5, 0.6) is 0 Å². The van der Waals surface area contributed by atoms with E-state index in [0.29, 0.717) is 30.5 Å². The maximum atomic E-state index is 12.8. The normalized spacial score (nSPS) is 13.2. The lowest BCUT2D eigenvalue weighted by molar-refractivity contribution is -0.121. The van der Waals surface area contributed by atoms with E-state index in [9.17, 15) is 14.4 Å². The Labute approximate surface area is 172 Å². The van der Waals surface area contributed by atoms with E-state index >= 15 is 0 Å². The molecule has 0 saturated carbocycles. The second-order valence-electron chi connectivity index (χ2n) is 7.03. The average molecular weight is 407 g/mol. The van der Waals surface area contributed by atoms with Gasteiger partial charge in [-0.05, 0) is 30.9 Å². The van der Waals surface area contributed by atoms with Crippen LogP contribution in [0.25, 0.3) is 10.8 Å². The number of aryl methyl sites for hydroxylation is 1. The first-order valence-electron chi connectivity index (χ1n) is 9.60. The summed E-state index contributed by atoms with van der Waals surface area (Å²) >= 11 is 1.59. The molecule has 1 N–H and O–H groups in total. The van der Waals surface area contributed by atoms with Crippen LogP contribution in [0.15, 0.2) is 41.8 Å². The number of hydrogen-bond acceptors (Lipinski definition) is 5. The second-order valence-corrected chi connectivity index (χ2v) is 8.09. The van der Waals surface area contributed by atoms with Crippen molar-refractivity contribution in [2.24, 2.45) is 0 Å². The Morgan fingerprint density at radius 1 is 1.10 bits per heavy atom. The molecule has 0 unspecified atom stereocenters. The van der Waals surface area contributed by atoms with Crippen LogP contribution in [0, 0.1) is 6.92 Å². The number of rotatable bonds is 7. The van der Waals surface area contributed by atoms with Gasteiger partial charge < -0.3 is 5.32 Å². The van der Waals surface area contributed by atoms with Crippen LogP contribution in [0.4, 0.5) is 0 Å². The number of carbonyl (C=O) groups excluding carboxylic acids is 3. The van der Waals surface area contributed by atoms with E-state index in [1.807, 2.05) is 36.6 Å². The van der Waals surface area contributed by atoms with Gasteiger partial charge in [0.15, 0.2) is 0 Å². The highest BCUT2D eigenvalue weighted by molar-refractivity contribution is 7.09. The molecule has 6 nitrogen and oxygen atoms in total. The Morgan fingerprint density at radius 3 is 2.41 bits per heavy atom. The third-order valence-corrected chi connectivity index (χ3v) is 5.83. The number of benzene rings is 2. The first-order valence-corrected chi connectivity index (χ1v) is 10.5. The summed E-state index contributed by atoms with van der Waals surface area (Å²) in [4.78, 5) is 43.3. The van der Waals surface area contributed by atoms with Gasteiger partial charge in [0.2, 0.25) is 5.91 Å². The number of imide groups is 1. The molecule has 0 saturated heterocycles. The molecule has 2 aromatic carbocycles. The molecular weight excluding hydrogens is 386 g/mol. The Balaban J connectivity index is 1.32. The summed E-state index contributed by atoms with van der Waals surface area (Å²) in [7, 11) is 0. The molecule has 3 aromatic rings. The van der Waals surface area contributed by atoms with E-state index in [1.165, 1.54) is 4.90 Å². The van der Waals surface area contributed by atoms with Gasteiger partial charge in [0.05, 0.1) is 10.7 Å². The van der Waals surface area contributed by atoms with Gasteiger partial charge in [-0.2, -0.15) is 0 Å². The van der Waals surface area contributed by atoms with Crippen molar-refractivity contribution >= 4 is 39.8 Å². The van der Waals surface area contributed by atoms with Gasteiger partial charge in [0.1, 0.15) is 0 Å². The van der Waals surface area contributed by atoms with Crippen molar-refractivity contribution in [3.05, 3.63) is 63.6 Å². The zero-order chi connectivity index (χ0) is 20.4. The van der Waals surface area contributed by atoms with Crippen molar-refractivity contribution in [3.8, 4) is 0 Å². The van der Waals surface area contributed by atoms with Crippen molar-refractivity contribution in [2.75, 3.05) is 13.1 Å². The fourth-order valence-corrected chi connectivity index (χ4v) is 4.27. The number of aromatic nitrogens is 1. The lowest BCUT2D eigenvalue weighted by Gasteiger charge is -2.27. The first kappa shape index (κ1) is 19.3. The van der Waals surface area contributed by atoms with Gasteiger partial charge in [-0.25, -0.2) is 4.98 Å². The Bertz CT molecular complexity index is 1050. The molecular formula is C22H21N3O3S. The number of hydrogen-bond donors (Lipinski definition) is 1. The van der Waals surface area contributed by atoms with E-state index in [1.54, 1.807) is 23.5 Å².